The summed E-state index contributed by atoms with van der Waals surface area (Å²) in [5.41, 5.74) is 0.795. The van der Waals surface area contributed by atoms with Crippen LogP contribution in [0.4, 0.5) is 18.9 Å². The van der Waals surface area contributed by atoms with E-state index in [4.69, 9.17) is 4.74 Å². The lowest BCUT2D eigenvalue weighted by Gasteiger charge is -2.39. The van der Waals surface area contributed by atoms with Crippen LogP contribution in [-0.2, 0) is 10.9 Å². The van der Waals surface area contributed by atoms with Crippen LogP contribution in [-0.4, -0.2) is 30.1 Å². The smallest absolute Gasteiger partial charge is 0.376 e. The SMILES string of the molecule is O=C1c2ccccc2N[C@@H](c2cccc(C(F)(F)F)c2)N1C[C@H]1CCCO1. The van der Waals surface area contributed by atoms with Crippen LogP contribution in [0.2, 0.25) is 0 Å². The van der Waals surface area contributed by atoms with Crippen LogP contribution in [0.5, 0.6) is 0 Å². The van der Waals surface area contributed by atoms with E-state index in [0.29, 0.717) is 30.0 Å². The lowest BCUT2D eigenvalue weighted by molar-refractivity contribution is -0.137. The van der Waals surface area contributed by atoms with Crippen molar-refractivity contribution in [1.29, 1.82) is 0 Å². The van der Waals surface area contributed by atoms with Crippen molar-refractivity contribution in [3.63, 3.8) is 0 Å². The number of nitrogens with zero attached hydrogens (tertiary/aromatic N) is 1. The molecule has 4 nitrogen and oxygen atoms in total. The third-order valence-electron chi connectivity index (χ3n) is 4.98. The van der Waals surface area contributed by atoms with Gasteiger partial charge in [-0.2, -0.15) is 13.2 Å². The molecule has 0 radical (unpaired) electrons. The molecule has 0 spiro atoms. The zero-order valence-electron chi connectivity index (χ0n) is 14.5. The van der Waals surface area contributed by atoms with Crippen molar-refractivity contribution < 1.29 is 22.7 Å². The number of halogens is 3. The van der Waals surface area contributed by atoms with E-state index in [1.54, 1.807) is 35.2 Å². The Balaban J connectivity index is 1.73. The molecule has 1 saturated heterocycles. The molecule has 2 atom stereocenters. The molecule has 2 heterocycles. The monoisotopic (exact) mass is 376 g/mol. The lowest BCUT2D eigenvalue weighted by atomic mass is 10.0. The summed E-state index contributed by atoms with van der Waals surface area (Å²) in [6.07, 6.45) is -3.47. The van der Waals surface area contributed by atoms with Crippen molar-refractivity contribution in [3.8, 4) is 0 Å². The van der Waals surface area contributed by atoms with Gasteiger partial charge in [0.25, 0.3) is 5.91 Å². The minimum absolute atomic E-state index is 0.102. The lowest BCUT2D eigenvalue weighted by Crippen LogP contribution is -2.46. The first-order valence-electron chi connectivity index (χ1n) is 8.89. The fourth-order valence-electron chi connectivity index (χ4n) is 3.64. The molecule has 0 aromatic heterocycles. The van der Waals surface area contributed by atoms with Crippen LogP contribution in [0.3, 0.4) is 0 Å². The van der Waals surface area contributed by atoms with Gasteiger partial charge in [-0.25, -0.2) is 0 Å². The highest BCUT2D eigenvalue weighted by Gasteiger charge is 2.37. The molecule has 1 N–H and O–H groups in total. The first kappa shape index (κ1) is 17.9. The largest absolute Gasteiger partial charge is 0.416 e. The van der Waals surface area contributed by atoms with E-state index in [2.05, 4.69) is 5.32 Å². The normalized spacial score (nSPS) is 22.5. The van der Waals surface area contributed by atoms with E-state index < -0.39 is 17.9 Å². The summed E-state index contributed by atoms with van der Waals surface area (Å²) >= 11 is 0. The van der Waals surface area contributed by atoms with Crippen molar-refractivity contribution in [3.05, 3.63) is 65.2 Å². The Morgan fingerprint density at radius 3 is 2.70 bits per heavy atom. The average molecular weight is 376 g/mol. The van der Waals surface area contributed by atoms with Crippen LogP contribution in [0.15, 0.2) is 48.5 Å². The van der Waals surface area contributed by atoms with Gasteiger partial charge in [-0.3, -0.25) is 4.79 Å². The van der Waals surface area contributed by atoms with Gasteiger partial charge in [0.15, 0.2) is 0 Å². The number of ether oxygens (including phenoxy) is 1. The van der Waals surface area contributed by atoms with Gasteiger partial charge in [0.05, 0.1) is 17.2 Å². The summed E-state index contributed by atoms with van der Waals surface area (Å²) in [5.74, 6) is -0.206. The number of hydrogen-bond acceptors (Lipinski definition) is 3. The van der Waals surface area contributed by atoms with Crippen LogP contribution in [0, 0.1) is 0 Å². The second-order valence-electron chi connectivity index (χ2n) is 6.81. The van der Waals surface area contributed by atoms with E-state index in [9.17, 15) is 18.0 Å². The van der Waals surface area contributed by atoms with Gasteiger partial charge in [0, 0.05) is 18.8 Å². The molecule has 1 amide bonds. The average Bonchev–Trinajstić information content (AvgIpc) is 3.16. The Morgan fingerprint density at radius 2 is 1.96 bits per heavy atom. The predicted octanol–water partition coefficient (Wildman–Crippen LogP) is 4.45. The van der Waals surface area contributed by atoms with Gasteiger partial charge in [-0.05, 0) is 42.7 Å². The molecule has 2 aromatic rings. The first-order chi connectivity index (χ1) is 12.9. The van der Waals surface area contributed by atoms with Gasteiger partial charge in [-0.1, -0.05) is 24.3 Å². The molecule has 142 valence electrons. The number of alkyl halides is 3. The quantitative estimate of drug-likeness (QED) is 0.861. The highest BCUT2D eigenvalue weighted by atomic mass is 19.4. The summed E-state index contributed by atoms with van der Waals surface area (Å²) in [6.45, 7) is 0.978. The maximum Gasteiger partial charge on any atom is 0.416 e. The van der Waals surface area contributed by atoms with E-state index in [-0.39, 0.29) is 12.0 Å². The Kier molecular flexibility index (Phi) is 4.55. The third-order valence-corrected chi connectivity index (χ3v) is 4.98. The van der Waals surface area contributed by atoms with Gasteiger partial charge in [0.1, 0.15) is 6.17 Å². The number of carbonyl (C=O) groups is 1. The van der Waals surface area contributed by atoms with Crippen LogP contribution in [0.25, 0.3) is 0 Å². The van der Waals surface area contributed by atoms with Crippen LogP contribution < -0.4 is 5.32 Å². The van der Waals surface area contributed by atoms with Gasteiger partial charge < -0.3 is 15.0 Å². The molecule has 1 fully saturated rings. The summed E-state index contributed by atoms with van der Waals surface area (Å²) < 4.78 is 45.1. The fraction of sp³-hybridized carbons (Fsp3) is 0.350. The topological polar surface area (TPSA) is 41.6 Å². The number of fused-ring (bicyclic) bond motifs is 1. The molecule has 27 heavy (non-hydrogen) atoms. The van der Waals surface area contributed by atoms with Crippen LogP contribution in [0.1, 0.15) is 40.5 Å². The molecule has 2 aliphatic rings. The maximum atomic E-state index is 13.2. The molecular formula is C20H19F3N2O2. The first-order valence-corrected chi connectivity index (χ1v) is 8.89. The van der Waals surface area contributed by atoms with Crippen molar-refractivity contribution in [2.24, 2.45) is 0 Å². The van der Waals surface area contributed by atoms with Gasteiger partial charge in [-0.15, -0.1) is 0 Å². The summed E-state index contributed by atoms with van der Waals surface area (Å²) in [6, 6.07) is 12.2. The number of anilines is 1. The second-order valence-corrected chi connectivity index (χ2v) is 6.81. The van der Waals surface area contributed by atoms with E-state index in [0.717, 1.165) is 25.0 Å². The zero-order chi connectivity index (χ0) is 19.0. The number of nitrogens with one attached hydrogen (secondary N) is 1. The number of amides is 1. The molecule has 2 aromatic carbocycles. The Labute approximate surface area is 154 Å². The third kappa shape index (κ3) is 3.51. The van der Waals surface area contributed by atoms with Gasteiger partial charge >= 0.3 is 6.18 Å². The van der Waals surface area contributed by atoms with Crippen molar-refractivity contribution in [2.75, 3.05) is 18.5 Å². The van der Waals surface area contributed by atoms with Crippen molar-refractivity contribution in [2.45, 2.75) is 31.3 Å². The molecule has 0 unspecified atom stereocenters. The summed E-state index contributed by atoms with van der Waals surface area (Å²) in [7, 11) is 0. The molecule has 7 heteroatoms. The molecule has 0 bridgehead atoms. The highest BCUT2D eigenvalue weighted by Crippen LogP contribution is 2.36. The fourth-order valence-corrected chi connectivity index (χ4v) is 3.64. The van der Waals surface area contributed by atoms with Crippen molar-refractivity contribution >= 4 is 11.6 Å². The predicted molar refractivity (Wildman–Crippen MR) is 94.3 cm³/mol. The number of para-hydroxylation sites is 1. The van der Waals surface area contributed by atoms with Crippen molar-refractivity contribution in [1.82, 2.24) is 4.90 Å². The minimum Gasteiger partial charge on any atom is -0.376 e. The number of rotatable bonds is 3. The Hall–Kier alpha value is -2.54. The maximum absolute atomic E-state index is 13.2. The zero-order valence-corrected chi connectivity index (χ0v) is 14.5. The molecule has 0 saturated carbocycles. The molecule has 2 aliphatic heterocycles. The van der Waals surface area contributed by atoms with E-state index in [1.807, 2.05) is 0 Å². The number of hydrogen-bond donors (Lipinski definition) is 1. The number of benzene rings is 2. The molecular weight excluding hydrogens is 357 g/mol. The summed E-state index contributed by atoms with van der Waals surface area (Å²) in [4.78, 5) is 14.7. The van der Waals surface area contributed by atoms with E-state index >= 15 is 0 Å². The molecule has 4 rings (SSSR count). The second kappa shape index (κ2) is 6.88. The Morgan fingerprint density at radius 1 is 1.15 bits per heavy atom. The van der Waals surface area contributed by atoms with E-state index in [1.165, 1.54) is 6.07 Å². The Bertz CT molecular complexity index is 847. The number of carbonyl (C=O) groups excluding carboxylic acids is 1. The highest BCUT2D eigenvalue weighted by molar-refractivity contribution is 6.01. The standard InChI is InChI=1S/C20H19F3N2O2/c21-20(22,23)14-6-3-5-13(11-14)18-24-17-9-2-1-8-16(17)19(26)25(18)12-15-7-4-10-27-15/h1-3,5-6,8-9,11,15,18,24H,4,7,10,12H2/t15-,18-/m1/s1. The minimum atomic E-state index is -4.44. The van der Waals surface area contributed by atoms with Crippen LogP contribution >= 0.6 is 0 Å². The van der Waals surface area contributed by atoms with Gasteiger partial charge in [0.2, 0.25) is 0 Å². The summed E-state index contributed by atoms with van der Waals surface area (Å²) in [5, 5.41) is 3.23. The molecule has 0 aliphatic carbocycles.